The fraction of sp³-hybridized carbons (Fsp3) is 0.571. The lowest BCUT2D eigenvalue weighted by atomic mass is 10.2. The van der Waals surface area contributed by atoms with Gasteiger partial charge in [0.05, 0.1) is 6.04 Å². The van der Waals surface area contributed by atoms with Crippen LogP contribution in [0.5, 0.6) is 5.75 Å². The number of hydrogen-bond acceptors (Lipinski definition) is 2. The van der Waals surface area contributed by atoms with Gasteiger partial charge in [-0.3, -0.25) is 0 Å². The maximum absolute atomic E-state index is 12.7. The average molecular weight is 254 g/mol. The predicted octanol–water partition coefficient (Wildman–Crippen LogP) is 1.07. The van der Waals surface area contributed by atoms with Gasteiger partial charge in [-0.1, -0.05) is 0 Å². The van der Waals surface area contributed by atoms with Crippen LogP contribution in [0.3, 0.4) is 0 Å². The average Bonchev–Trinajstić information content (AvgIpc) is 2.89. The van der Waals surface area contributed by atoms with E-state index in [1.165, 1.54) is 37.8 Å². The van der Waals surface area contributed by atoms with Gasteiger partial charge in [-0.05, 0) is 49.9 Å². The second kappa shape index (κ2) is 6.71. The summed E-state index contributed by atoms with van der Waals surface area (Å²) in [5, 5.41) is 12.0. The zero-order chi connectivity index (χ0) is 12.8. The summed E-state index contributed by atoms with van der Waals surface area (Å²) in [6.07, 6.45) is 4.65. The van der Waals surface area contributed by atoms with Crippen LogP contribution in [-0.4, -0.2) is 30.4 Å². The fourth-order valence-electron chi connectivity index (χ4n) is 2.33. The van der Waals surface area contributed by atoms with Gasteiger partial charge in [0.25, 0.3) is 0 Å². The number of rotatable bonds is 6. The van der Waals surface area contributed by atoms with E-state index in [2.05, 4.69) is 5.32 Å². The summed E-state index contributed by atoms with van der Waals surface area (Å²) in [6.45, 7) is 0.931. The summed E-state index contributed by atoms with van der Waals surface area (Å²) in [6, 6.07) is 6.52. The summed E-state index contributed by atoms with van der Waals surface area (Å²) in [5.74, 6) is 0.314. The molecular weight excluding hydrogens is 233 g/mol. The van der Waals surface area contributed by atoms with Crippen LogP contribution in [0.4, 0.5) is 4.39 Å². The second-order valence-electron chi connectivity index (χ2n) is 4.93. The lowest BCUT2D eigenvalue weighted by Gasteiger charge is -2.14. The molecule has 100 valence electrons. The molecule has 1 saturated carbocycles. The molecule has 1 atom stereocenters. The second-order valence-corrected chi connectivity index (χ2v) is 4.93. The number of halogens is 1. The number of aliphatic hydroxyl groups is 1. The zero-order valence-corrected chi connectivity index (χ0v) is 10.5. The molecule has 4 heteroatoms. The van der Waals surface area contributed by atoms with E-state index < -0.39 is 6.10 Å². The van der Waals surface area contributed by atoms with Gasteiger partial charge in [0.1, 0.15) is 30.8 Å². The van der Waals surface area contributed by atoms with E-state index in [1.54, 1.807) is 12.1 Å². The molecule has 0 spiro atoms. The standard InChI is InChI=1S/C14H20FNO2/c15-11-5-7-14(8-6-11)18-10-13(17)9-16-12-3-1-2-4-12/h5-8,12-13,16-17H,1-4,9-10H2/p+1/t13-/m0/s1. The number of nitrogens with two attached hydrogens (primary N) is 1. The Labute approximate surface area is 107 Å². The highest BCUT2D eigenvalue weighted by Crippen LogP contribution is 2.14. The first-order valence-electron chi connectivity index (χ1n) is 6.64. The number of quaternary nitrogens is 1. The molecule has 3 nitrogen and oxygen atoms in total. The van der Waals surface area contributed by atoms with Crippen LogP contribution in [0.15, 0.2) is 24.3 Å². The molecule has 1 fully saturated rings. The SMILES string of the molecule is O[C@@H](C[NH2+]C1CCCC1)COc1ccc(F)cc1. The molecule has 0 bridgehead atoms. The summed E-state index contributed by atoms with van der Waals surface area (Å²) < 4.78 is 18.1. The third-order valence-corrected chi connectivity index (χ3v) is 3.40. The van der Waals surface area contributed by atoms with Crippen molar-refractivity contribution < 1.29 is 19.6 Å². The maximum Gasteiger partial charge on any atom is 0.137 e. The van der Waals surface area contributed by atoms with Crippen molar-refractivity contribution in [3.8, 4) is 5.75 Å². The normalized spacial score (nSPS) is 17.9. The molecule has 0 amide bonds. The van der Waals surface area contributed by atoms with Crippen LogP contribution < -0.4 is 10.1 Å². The van der Waals surface area contributed by atoms with Crippen molar-refractivity contribution in [2.24, 2.45) is 0 Å². The summed E-state index contributed by atoms with van der Waals surface area (Å²) in [4.78, 5) is 0. The highest BCUT2D eigenvalue weighted by molar-refractivity contribution is 5.22. The van der Waals surface area contributed by atoms with E-state index in [0.29, 0.717) is 18.3 Å². The van der Waals surface area contributed by atoms with Gasteiger partial charge in [-0.15, -0.1) is 0 Å². The number of hydrogen-bond donors (Lipinski definition) is 2. The van der Waals surface area contributed by atoms with Gasteiger partial charge >= 0.3 is 0 Å². The third-order valence-electron chi connectivity index (χ3n) is 3.40. The van der Waals surface area contributed by atoms with Crippen molar-refractivity contribution in [1.29, 1.82) is 0 Å². The highest BCUT2D eigenvalue weighted by atomic mass is 19.1. The number of aliphatic hydroxyl groups excluding tert-OH is 1. The minimum absolute atomic E-state index is 0.259. The van der Waals surface area contributed by atoms with Crippen molar-refractivity contribution in [1.82, 2.24) is 0 Å². The van der Waals surface area contributed by atoms with Crippen molar-refractivity contribution in [3.63, 3.8) is 0 Å². The lowest BCUT2D eigenvalue weighted by Crippen LogP contribution is -2.91. The molecule has 0 aromatic heterocycles. The van der Waals surface area contributed by atoms with Gasteiger partial charge < -0.3 is 15.2 Å². The van der Waals surface area contributed by atoms with Crippen molar-refractivity contribution in [2.45, 2.75) is 37.8 Å². The summed E-state index contributed by atoms with van der Waals surface area (Å²) >= 11 is 0. The molecule has 2 rings (SSSR count). The van der Waals surface area contributed by atoms with E-state index in [0.717, 1.165) is 0 Å². The summed E-state index contributed by atoms with van der Waals surface area (Å²) in [7, 11) is 0. The number of benzene rings is 1. The summed E-state index contributed by atoms with van der Waals surface area (Å²) in [5.41, 5.74) is 0. The van der Waals surface area contributed by atoms with Crippen LogP contribution >= 0.6 is 0 Å². The molecular formula is C14H21FNO2+. The highest BCUT2D eigenvalue weighted by Gasteiger charge is 2.19. The Hall–Kier alpha value is -1.13. The first-order chi connectivity index (χ1) is 8.74. The molecule has 1 aromatic carbocycles. The molecule has 3 N–H and O–H groups in total. The lowest BCUT2D eigenvalue weighted by molar-refractivity contribution is -0.693. The number of ether oxygens (including phenoxy) is 1. The van der Waals surface area contributed by atoms with E-state index >= 15 is 0 Å². The monoisotopic (exact) mass is 254 g/mol. The Morgan fingerprint density at radius 1 is 1.28 bits per heavy atom. The molecule has 0 heterocycles. The van der Waals surface area contributed by atoms with E-state index in [-0.39, 0.29) is 12.4 Å². The molecule has 1 aliphatic rings. The molecule has 0 radical (unpaired) electrons. The topological polar surface area (TPSA) is 46.1 Å². The minimum atomic E-state index is -0.476. The fourth-order valence-corrected chi connectivity index (χ4v) is 2.33. The first kappa shape index (κ1) is 13.3. The maximum atomic E-state index is 12.7. The first-order valence-corrected chi connectivity index (χ1v) is 6.64. The molecule has 0 aliphatic heterocycles. The van der Waals surface area contributed by atoms with Gasteiger partial charge in [0.15, 0.2) is 0 Å². The zero-order valence-electron chi connectivity index (χ0n) is 10.5. The Balaban J connectivity index is 1.64. The van der Waals surface area contributed by atoms with Crippen molar-refractivity contribution in [2.75, 3.05) is 13.2 Å². The van der Waals surface area contributed by atoms with E-state index in [9.17, 15) is 9.50 Å². The predicted molar refractivity (Wildman–Crippen MR) is 67.0 cm³/mol. The Kier molecular flexibility index (Phi) is 4.96. The van der Waals surface area contributed by atoms with Gasteiger partial charge in [0.2, 0.25) is 0 Å². The third kappa shape index (κ3) is 4.27. The smallest absolute Gasteiger partial charge is 0.137 e. The largest absolute Gasteiger partial charge is 0.491 e. The van der Waals surface area contributed by atoms with Gasteiger partial charge in [-0.25, -0.2) is 4.39 Å². The van der Waals surface area contributed by atoms with Crippen molar-refractivity contribution in [3.05, 3.63) is 30.1 Å². The van der Waals surface area contributed by atoms with Crippen molar-refractivity contribution >= 4 is 0 Å². The van der Waals surface area contributed by atoms with Gasteiger partial charge in [0, 0.05) is 0 Å². The van der Waals surface area contributed by atoms with Crippen LogP contribution in [-0.2, 0) is 0 Å². The van der Waals surface area contributed by atoms with Gasteiger partial charge in [-0.2, -0.15) is 0 Å². The Bertz CT molecular complexity index is 349. The van der Waals surface area contributed by atoms with E-state index in [1.807, 2.05) is 0 Å². The van der Waals surface area contributed by atoms with Crippen LogP contribution in [0.2, 0.25) is 0 Å². The molecule has 1 aliphatic carbocycles. The Morgan fingerprint density at radius 2 is 1.94 bits per heavy atom. The van der Waals surface area contributed by atoms with Crippen LogP contribution in [0.1, 0.15) is 25.7 Å². The molecule has 18 heavy (non-hydrogen) atoms. The molecule has 0 unspecified atom stereocenters. The molecule has 0 saturated heterocycles. The quantitative estimate of drug-likeness (QED) is 0.797. The van der Waals surface area contributed by atoms with Crippen LogP contribution in [0, 0.1) is 5.82 Å². The van der Waals surface area contributed by atoms with Crippen LogP contribution in [0.25, 0.3) is 0 Å². The Morgan fingerprint density at radius 3 is 2.61 bits per heavy atom. The van der Waals surface area contributed by atoms with E-state index in [4.69, 9.17) is 4.74 Å². The molecule has 1 aromatic rings. The minimum Gasteiger partial charge on any atom is -0.491 e.